The summed E-state index contributed by atoms with van der Waals surface area (Å²) in [5.41, 5.74) is 0.546. The van der Waals surface area contributed by atoms with E-state index < -0.39 is 15.8 Å². The number of sulfone groups is 1. The zero-order valence-corrected chi connectivity index (χ0v) is 12.6. The van der Waals surface area contributed by atoms with Crippen LogP contribution in [-0.4, -0.2) is 19.5 Å². The molecule has 1 heterocycles. The van der Waals surface area contributed by atoms with E-state index in [-0.39, 0.29) is 16.4 Å². The van der Waals surface area contributed by atoms with Gasteiger partial charge < -0.3 is 5.11 Å². The third-order valence-electron chi connectivity index (χ3n) is 2.57. The molecule has 1 N–H and O–H groups in total. The number of carbonyl (C=O) groups is 1. The molecule has 106 valence electrons. The van der Waals surface area contributed by atoms with Gasteiger partial charge in [0.15, 0.2) is 9.84 Å². The monoisotopic (exact) mass is 330 g/mol. The summed E-state index contributed by atoms with van der Waals surface area (Å²) in [5.74, 6) is -1.40. The Bertz CT molecular complexity index is 734. The molecule has 0 aliphatic carbocycles. The second-order valence-corrected chi connectivity index (χ2v) is 7.83. The van der Waals surface area contributed by atoms with E-state index in [0.29, 0.717) is 15.5 Å². The molecule has 0 amide bonds. The second kappa shape index (κ2) is 5.95. The van der Waals surface area contributed by atoms with Crippen LogP contribution in [0.2, 0.25) is 5.02 Å². The van der Waals surface area contributed by atoms with Crippen LogP contribution in [-0.2, 0) is 21.3 Å². The summed E-state index contributed by atoms with van der Waals surface area (Å²) >= 11 is 6.91. The highest BCUT2D eigenvalue weighted by molar-refractivity contribution is 7.90. The molecular weight excluding hydrogens is 320 g/mol. The molecule has 1 aromatic heterocycles. The lowest BCUT2D eigenvalue weighted by Gasteiger charge is -2.05. The summed E-state index contributed by atoms with van der Waals surface area (Å²) in [5, 5.41) is 9.22. The zero-order valence-electron chi connectivity index (χ0n) is 10.2. The van der Waals surface area contributed by atoms with Crippen LogP contribution in [0.15, 0.2) is 36.4 Å². The van der Waals surface area contributed by atoms with E-state index in [1.807, 2.05) is 0 Å². The molecule has 7 heteroatoms. The average molecular weight is 331 g/mol. The number of rotatable bonds is 5. The van der Waals surface area contributed by atoms with Crippen LogP contribution in [0.5, 0.6) is 0 Å². The summed E-state index contributed by atoms with van der Waals surface area (Å²) in [7, 11) is -3.39. The number of aromatic carboxylic acids is 1. The van der Waals surface area contributed by atoms with E-state index in [4.69, 9.17) is 16.7 Å². The van der Waals surface area contributed by atoms with Crippen molar-refractivity contribution in [3.8, 4) is 0 Å². The number of hydrogen-bond acceptors (Lipinski definition) is 4. The molecule has 1 aromatic carbocycles. The van der Waals surface area contributed by atoms with E-state index in [1.165, 1.54) is 12.1 Å². The Morgan fingerprint density at radius 1 is 1.15 bits per heavy atom. The summed E-state index contributed by atoms with van der Waals surface area (Å²) in [6, 6.07) is 9.70. The highest BCUT2D eigenvalue weighted by atomic mass is 35.5. The van der Waals surface area contributed by atoms with Gasteiger partial charge in [-0.1, -0.05) is 29.8 Å². The molecule has 0 bridgehead atoms. The van der Waals surface area contributed by atoms with Crippen LogP contribution in [0.3, 0.4) is 0 Å². The smallest absolute Gasteiger partial charge is 0.345 e. The quantitative estimate of drug-likeness (QED) is 0.913. The molecule has 0 unspecified atom stereocenters. The van der Waals surface area contributed by atoms with E-state index in [0.717, 1.165) is 11.3 Å². The predicted octanol–water partition coefficient (Wildman–Crippen LogP) is 3.21. The van der Waals surface area contributed by atoms with Crippen LogP contribution in [0.25, 0.3) is 0 Å². The first kappa shape index (κ1) is 15.0. The fraction of sp³-hybridized carbons (Fsp3) is 0.154. The van der Waals surface area contributed by atoms with E-state index >= 15 is 0 Å². The number of carboxylic acids is 1. The maximum Gasteiger partial charge on any atom is 0.345 e. The molecule has 0 fully saturated rings. The van der Waals surface area contributed by atoms with Gasteiger partial charge in [-0.05, 0) is 23.8 Å². The Labute approximate surface area is 125 Å². The van der Waals surface area contributed by atoms with Crippen LogP contribution < -0.4 is 0 Å². The van der Waals surface area contributed by atoms with Crippen LogP contribution in [0, 0.1) is 0 Å². The molecule has 0 spiro atoms. The number of carboxylic acid groups (broad SMARTS) is 1. The number of benzene rings is 1. The summed E-state index contributed by atoms with van der Waals surface area (Å²) in [6.07, 6.45) is 0. The Balaban J connectivity index is 2.15. The van der Waals surface area contributed by atoms with Crippen molar-refractivity contribution < 1.29 is 18.3 Å². The van der Waals surface area contributed by atoms with Gasteiger partial charge in [-0.25, -0.2) is 13.2 Å². The van der Waals surface area contributed by atoms with Crippen molar-refractivity contribution in [2.75, 3.05) is 0 Å². The Morgan fingerprint density at radius 3 is 2.45 bits per heavy atom. The molecular formula is C13H11ClO4S2. The van der Waals surface area contributed by atoms with Gasteiger partial charge in [-0.2, -0.15) is 0 Å². The highest BCUT2D eigenvalue weighted by Crippen LogP contribution is 2.23. The van der Waals surface area contributed by atoms with Crippen LogP contribution >= 0.6 is 22.9 Å². The normalized spacial score (nSPS) is 11.4. The summed E-state index contributed by atoms with van der Waals surface area (Å²) in [4.78, 5) is 11.4. The topological polar surface area (TPSA) is 71.4 Å². The van der Waals surface area contributed by atoms with Crippen molar-refractivity contribution in [3.63, 3.8) is 0 Å². The van der Waals surface area contributed by atoms with Crippen molar-refractivity contribution in [2.45, 2.75) is 11.5 Å². The average Bonchev–Trinajstić information content (AvgIpc) is 2.79. The first-order chi connectivity index (χ1) is 9.37. The lowest BCUT2D eigenvalue weighted by molar-refractivity contribution is 0.0702. The summed E-state index contributed by atoms with van der Waals surface area (Å²) in [6.45, 7) is 0. The van der Waals surface area contributed by atoms with Crippen molar-refractivity contribution >= 4 is 38.7 Å². The van der Waals surface area contributed by atoms with E-state index in [1.54, 1.807) is 24.3 Å². The van der Waals surface area contributed by atoms with Gasteiger partial charge in [-0.15, -0.1) is 11.3 Å². The van der Waals surface area contributed by atoms with Gasteiger partial charge in [0, 0.05) is 9.90 Å². The van der Waals surface area contributed by atoms with Crippen molar-refractivity contribution in [2.24, 2.45) is 0 Å². The van der Waals surface area contributed by atoms with Crippen molar-refractivity contribution in [1.82, 2.24) is 0 Å². The van der Waals surface area contributed by atoms with Gasteiger partial charge in [-0.3, -0.25) is 0 Å². The first-order valence-electron chi connectivity index (χ1n) is 5.63. The maximum atomic E-state index is 12.1. The molecule has 0 aliphatic heterocycles. The fourth-order valence-electron chi connectivity index (χ4n) is 1.69. The molecule has 0 atom stereocenters. The Kier molecular flexibility index (Phi) is 4.47. The van der Waals surface area contributed by atoms with Gasteiger partial charge in [0.25, 0.3) is 0 Å². The Hall–Kier alpha value is -1.37. The SMILES string of the molecule is O=C(O)c1ccc(CS(=O)(=O)Cc2ccccc2Cl)s1. The second-order valence-electron chi connectivity index (χ2n) is 4.19. The number of hydrogen-bond donors (Lipinski definition) is 1. The standard InChI is InChI=1S/C13H11ClO4S2/c14-11-4-2-1-3-9(11)7-20(17,18)8-10-5-6-12(19-10)13(15)16/h1-6H,7-8H2,(H,15,16). The maximum absolute atomic E-state index is 12.1. The van der Waals surface area contributed by atoms with Crippen molar-refractivity contribution in [1.29, 1.82) is 0 Å². The first-order valence-corrected chi connectivity index (χ1v) is 8.65. The molecule has 2 aromatic rings. The molecule has 20 heavy (non-hydrogen) atoms. The minimum Gasteiger partial charge on any atom is -0.477 e. The Morgan fingerprint density at radius 2 is 1.85 bits per heavy atom. The lowest BCUT2D eigenvalue weighted by atomic mass is 10.2. The summed E-state index contributed by atoms with van der Waals surface area (Å²) < 4.78 is 24.2. The van der Waals surface area contributed by atoms with Crippen LogP contribution in [0.1, 0.15) is 20.1 Å². The largest absolute Gasteiger partial charge is 0.477 e. The lowest BCUT2D eigenvalue weighted by Crippen LogP contribution is -2.07. The fourth-order valence-corrected chi connectivity index (χ4v) is 4.75. The minimum absolute atomic E-state index is 0.132. The molecule has 0 aliphatic rings. The van der Waals surface area contributed by atoms with Gasteiger partial charge in [0.05, 0.1) is 11.5 Å². The van der Waals surface area contributed by atoms with E-state index in [9.17, 15) is 13.2 Å². The molecule has 0 saturated carbocycles. The van der Waals surface area contributed by atoms with Crippen molar-refractivity contribution in [3.05, 3.63) is 56.7 Å². The molecule has 0 saturated heterocycles. The molecule has 2 rings (SSSR count). The molecule has 0 radical (unpaired) electrons. The van der Waals surface area contributed by atoms with Crippen LogP contribution in [0.4, 0.5) is 0 Å². The third kappa shape index (κ3) is 3.82. The van der Waals surface area contributed by atoms with Gasteiger partial charge >= 0.3 is 5.97 Å². The minimum atomic E-state index is -3.39. The number of halogens is 1. The predicted molar refractivity (Wildman–Crippen MR) is 79.1 cm³/mol. The third-order valence-corrected chi connectivity index (χ3v) is 5.69. The van der Waals surface area contributed by atoms with Gasteiger partial charge in [0.2, 0.25) is 0 Å². The van der Waals surface area contributed by atoms with Gasteiger partial charge in [0.1, 0.15) is 4.88 Å². The van der Waals surface area contributed by atoms with E-state index in [2.05, 4.69) is 0 Å². The zero-order chi connectivity index (χ0) is 14.8. The number of thiophene rings is 1. The molecule has 4 nitrogen and oxygen atoms in total. The highest BCUT2D eigenvalue weighted by Gasteiger charge is 2.17.